The van der Waals surface area contributed by atoms with E-state index in [0.29, 0.717) is 0 Å². The molecule has 0 saturated heterocycles. The van der Waals surface area contributed by atoms with Gasteiger partial charge in [-0.2, -0.15) is 13.2 Å². The molecule has 1 heterocycles. The summed E-state index contributed by atoms with van der Waals surface area (Å²) in [5.41, 5.74) is -2.85. The highest BCUT2D eigenvalue weighted by molar-refractivity contribution is 7.92. The number of fused-ring (bicyclic) bond motifs is 1. The number of amides is 1. The second kappa shape index (κ2) is 6.61. The lowest BCUT2D eigenvalue weighted by Gasteiger charge is -2.39. The van der Waals surface area contributed by atoms with Gasteiger partial charge in [0.05, 0.1) is 17.5 Å². The lowest BCUT2D eigenvalue weighted by atomic mass is 10.0. The fourth-order valence-electron chi connectivity index (χ4n) is 2.88. The predicted molar refractivity (Wildman–Crippen MR) is 98.2 cm³/mol. The number of hydrogen-bond acceptors (Lipinski definition) is 4. The Kier molecular flexibility index (Phi) is 4.77. The summed E-state index contributed by atoms with van der Waals surface area (Å²) in [7, 11) is -3.70. The summed E-state index contributed by atoms with van der Waals surface area (Å²) in [6.45, 7) is 2.81. The molecule has 0 unspecified atom stereocenters. The van der Waals surface area contributed by atoms with Crippen LogP contribution in [-0.4, -0.2) is 26.2 Å². The second-order valence-corrected chi connectivity index (χ2v) is 8.73. The van der Waals surface area contributed by atoms with E-state index in [0.717, 1.165) is 41.5 Å². The van der Waals surface area contributed by atoms with Crippen LogP contribution in [0.1, 0.15) is 19.4 Å². The molecule has 1 aliphatic rings. The quantitative estimate of drug-likeness (QED) is 0.743. The third kappa shape index (κ3) is 4.14. The Morgan fingerprint density at radius 3 is 2.21 bits per heavy atom. The molecule has 0 aliphatic carbocycles. The van der Waals surface area contributed by atoms with Crippen molar-refractivity contribution < 1.29 is 35.5 Å². The zero-order valence-electron chi connectivity index (χ0n) is 15.5. The number of ether oxygens (including phenoxy) is 1. The summed E-state index contributed by atoms with van der Waals surface area (Å²) in [4.78, 5) is 13.8. The number of nitrogens with zero attached hydrogens (tertiary/aromatic N) is 1. The Labute approximate surface area is 164 Å². The average Bonchev–Trinajstić information content (AvgIpc) is 2.54. The van der Waals surface area contributed by atoms with Crippen LogP contribution in [0.2, 0.25) is 0 Å². The van der Waals surface area contributed by atoms with Gasteiger partial charge in [-0.05, 0) is 38.1 Å². The van der Waals surface area contributed by atoms with E-state index in [-0.39, 0.29) is 22.8 Å². The fraction of sp³-hybridized carbons (Fsp3) is 0.278. The molecule has 0 spiro atoms. The van der Waals surface area contributed by atoms with E-state index in [9.17, 15) is 30.8 Å². The van der Waals surface area contributed by atoms with Gasteiger partial charge < -0.3 is 4.74 Å². The van der Waals surface area contributed by atoms with Crippen LogP contribution < -0.4 is 14.4 Å². The predicted octanol–water partition coefficient (Wildman–Crippen LogP) is 4.05. The van der Waals surface area contributed by atoms with Crippen molar-refractivity contribution in [1.29, 1.82) is 0 Å². The molecule has 0 radical (unpaired) electrons. The largest absolute Gasteiger partial charge is 0.476 e. The van der Waals surface area contributed by atoms with Gasteiger partial charge in [0, 0.05) is 17.8 Å². The minimum absolute atomic E-state index is 0.00310. The molecule has 0 fully saturated rings. The van der Waals surface area contributed by atoms with Gasteiger partial charge in [-0.1, -0.05) is 0 Å². The molecule has 1 aliphatic heterocycles. The zero-order chi connectivity index (χ0) is 21.8. The van der Waals surface area contributed by atoms with Crippen LogP contribution in [0.15, 0.2) is 36.4 Å². The molecule has 6 nitrogen and oxygen atoms in total. The molecule has 29 heavy (non-hydrogen) atoms. The van der Waals surface area contributed by atoms with Crippen molar-refractivity contribution in [3.8, 4) is 5.75 Å². The minimum atomic E-state index is -4.57. The van der Waals surface area contributed by atoms with Gasteiger partial charge in [-0.25, -0.2) is 12.8 Å². The van der Waals surface area contributed by atoms with Crippen LogP contribution >= 0.6 is 0 Å². The van der Waals surface area contributed by atoms with Crippen LogP contribution in [0.25, 0.3) is 0 Å². The van der Waals surface area contributed by atoms with Crippen molar-refractivity contribution >= 4 is 33.0 Å². The third-order valence-electron chi connectivity index (χ3n) is 4.09. The molecule has 2 aromatic rings. The summed E-state index contributed by atoms with van der Waals surface area (Å²) >= 11 is 0. The van der Waals surface area contributed by atoms with E-state index in [1.54, 1.807) is 0 Å². The summed E-state index contributed by atoms with van der Waals surface area (Å²) in [5, 5.41) is 0. The Morgan fingerprint density at radius 1 is 1.10 bits per heavy atom. The Balaban J connectivity index is 2.15. The minimum Gasteiger partial charge on any atom is -0.476 e. The van der Waals surface area contributed by atoms with E-state index < -0.39 is 39.1 Å². The fourth-order valence-corrected chi connectivity index (χ4v) is 3.42. The highest BCUT2D eigenvalue weighted by Gasteiger charge is 2.43. The highest BCUT2D eigenvalue weighted by Crippen LogP contribution is 2.45. The topological polar surface area (TPSA) is 75.7 Å². The van der Waals surface area contributed by atoms with E-state index >= 15 is 0 Å². The number of carbonyl (C=O) groups is 1. The van der Waals surface area contributed by atoms with Crippen molar-refractivity contribution in [3.05, 3.63) is 47.8 Å². The second-order valence-electron chi connectivity index (χ2n) is 6.98. The number of nitrogens with one attached hydrogen (secondary N) is 1. The summed E-state index contributed by atoms with van der Waals surface area (Å²) < 4.78 is 83.9. The molecule has 0 atom stereocenters. The first-order valence-corrected chi connectivity index (χ1v) is 10.1. The van der Waals surface area contributed by atoms with Crippen LogP contribution in [0.4, 0.5) is 34.6 Å². The molecule has 0 saturated carbocycles. The maximum atomic E-state index is 14.8. The summed E-state index contributed by atoms with van der Waals surface area (Å²) in [5.74, 6) is -1.83. The van der Waals surface area contributed by atoms with Gasteiger partial charge in [0.2, 0.25) is 10.0 Å². The van der Waals surface area contributed by atoms with Gasteiger partial charge in [-0.15, -0.1) is 0 Å². The number of rotatable bonds is 3. The first-order chi connectivity index (χ1) is 13.2. The molecular formula is C18H16F4N2O4S. The molecule has 0 bridgehead atoms. The number of carbonyl (C=O) groups excluding carboxylic acids is 1. The Bertz CT molecular complexity index is 1080. The maximum absolute atomic E-state index is 14.8. The van der Waals surface area contributed by atoms with E-state index in [1.165, 1.54) is 19.9 Å². The van der Waals surface area contributed by atoms with Crippen molar-refractivity contribution in [3.63, 3.8) is 0 Å². The van der Waals surface area contributed by atoms with Gasteiger partial charge in [0.15, 0.2) is 11.4 Å². The molecule has 3 rings (SSSR count). The Hall–Kier alpha value is -2.82. The molecule has 1 N–H and O–H groups in total. The van der Waals surface area contributed by atoms with E-state index in [2.05, 4.69) is 4.72 Å². The van der Waals surface area contributed by atoms with Crippen molar-refractivity contribution in [2.24, 2.45) is 0 Å². The first-order valence-electron chi connectivity index (χ1n) is 8.21. The number of halogens is 4. The lowest BCUT2D eigenvalue weighted by molar-refractivity contribution is -0.137. The lowest BCUT2D eigenvalue weighted by Crippen LogP contribution is -2.50. The molecule has 11 heteroatoms. The normalized spacial score (nSPS) is 16.2. The van der Waals surface area contributed by atoms with E-state index in [1.807, 2.05) is 0 Å². The van der Waals surface area contributed by atoms with Crippen LogP contribution in [0, 0.1) is 5.82 Å². The first kappa shape index (κ1) is 20.9. The number of benzene rings is 2. The molecule has 156 valence electrons. The monoisotopic (exact) mass is 432 g/mol. The molecule has 0 aromatic heterocycles. The van der Waals surface area contributed by atoms with Crippen LogP contribution in [0.3, 0.4) is 0 Å². The Morgan fingerprint density at radius 2 is 1.69 bits per heavy atom. The van der Waals surface area contributed by atoms with Crippen molar-refractivity contribution in [2.45, 2.75) is 25.6 Å². The number of sulfonamides is 1. The maximum Gasteiger partial charge on any atom is 0.416 e. The molecule has 2 aromatic carbocycles. The van der Waals surface area contributed by atoms with Crippen molar-refractivity contribution in [2.75, 3.05) is 15.9 Å². The molecular weight excluding hydrogens is 416 g/mol. The van der Waals surface area contributed by atoms with Gasteiger partial charge >= 0.3 is 6.18 Å². The smallest absolute Gasteiger partial charge is 0.416 e. The third-order valence-corrected chi connectivity index (χ3v) is 4.70. The SMILES string of the molecule is CC1(C)Oc2cc(NS(C)(=O)=O)cc(F)c2N(c2ccc(C(F)(F)F)cc2)C1=O. The van der Waals surface area contributed by atoms with Crippen LogP contribution in [-0.2, 0) is 21.0 Å². The number of anilines is 3. The van der Waals surface area contributed by atoms with Gasteiger partial charge in [0.25, 0.3) is 5.91 Å². The summed E-state index contributed by atoms with van der Waals surface area (Å²) in [6.07, 6.45) is -3.69. The molecule has 1 amide bonds. The van der Waals surface area contributed by atoms with Gasteiger partial charge in [0.1, 0.15) is 11.4 Å². The van der Waals surface area contributed by atoms with E-state index in [4.69, 9.17) is 4.74 Å². The van der Waals surface area contributed by atoms with Crippen molar-refractivity contribution in [1.82, 2.24) is 0 Å². The standard InChI is InChI=1S/C18H16F4N2O4S/c1-17(2)16(25)24(12-6-4-10(5-7-12)18(20,21)22)15-13(19)8-11(9-14(15)28-17)23-29(3,26)27/h4-9,23H,1-3H3. The summed E-state index contributed by atoms with van der Waals surface area (Å²) in [6, 6.07) is 5.71. The average molecular weight is 432 g/mol. The number of alkyl halides is 3. The zero-order valence-corrected chi connectivity index (χ0v) is 16.3. The van der Waals surface area contributed by atoms with Crippen LogP contribution in [0.5, 0.6) is 5.75 Å². The number of hydrogen-bond donors (Lipinski definition) is 1. The highest BCUT2D eigenvalue weighted by atomic mass is 32.2. The van der Waals surface area contributed by atoms with Gasteiger partial charge in [-0.3, -0.25) is 14.4 Å².